The molecule has 0 spiro atoms. The summed E-state index contributed by atoms with van der Waals surface area (Å²) in [7, 11) is 1.61. The maximum atomic E-state index is 11.8. The Morgan fingerprint density at radius 3 is 2.48 bits per heavy atom. The maximum absolute atomic E-state index is 11.8. The van der Waals surface area contributed by atoms with E-state index in [0.717, 1.165) is 19.3 Å². The summed E-state index contributed by atoms with van der Waals surface area (Å²) in [5, 5.41) is 0. The van der Waals surface area contributed by atoms with Crippen LogP contribution in [0.1, 0.15) is 53.4 Å². The highest BCUT2D eigenvalue weighted by atomic mass is 16.7. The minimum atomic E-state index is -0.135. The Balaban J connectivity index is 3.98. The van der Waals surface area contributed by atoms with Crippen LogP contribution < -0.4 is 0 Å². The molecule has 0 fully saturated rings. The number of unbranched alkanes of at least 4 members (excludes halogenated alkanes) is 1. The van der Waals surface area contributed by atoms with E-state index in [0.29, 0.717) is 25.7 Å². The Morgan fingerprint density at radius 1 is 1.19 bits per heavy atom. The van der Waals surface area contributed by atoms with Crippen LogP contribution in [0, 0.1) is 11.8 Å². The molecule has 0 amide bonds. The fourth-order valence-corrected chi connectivity index (χ4v) is 1.69. The quantitative estimate of drug-likeness (QED) is 0.237. The molecule has 0 aromatic heterocycles. The number of allylic oxidation sites excluding steroid dienone is 1. The Hall–Kier alpha value is -0.870. The highest BCUT2D eigenvalue weighted by Crippen LogP contribution is 2.12. The minimum Gasteiger partial charge on any atom is -0.458 e. The molecule has 0 aliphatic rings. The molecule has 4 nitrogen and oxygen atoms in total. The summed E-state index contributed by atoms with van der Waals surface area (Å²) in [6, 6.07) is 0. The molecule has 1 atom stereocenters. The third-order valence-electron chi connectivity index (χ3n) is 3.04. The van der Waals surface area contributed by atoms with Crippen LogP contribution in [0.25, 0.3) is 0 Å². The summed E-state index contributed by atoms with van der Waals surface area (Å²) in [5.41, 5.74) is 0. The lowest BCUT2D eigenvalue weighted by atomic mass is 10.1. The lowest BCUT2D eigenvalue weighted by molar-refractivity contribution is -0.148. The van der Waals surface area contributed by atoms with Gasteiger partial charge in [-0.05, 0) is 37.2 Å². The molecule has 0 bridgehead atoms. The van der Waals surface area contributed by atoms with Gasteiger partial charge in [-0.25, -0.2) is 0 Å². The predicted octanol–water partition coefficient (Wildman–Crippen LogP) is 3.95. The number of methoxy groups -OCH3 is 1. The molecule has 0 radical (unpaired) electrons. The van der Waals surface area contributed by atoms with Crippen LogP contribution in [0.5, 0.6) is 0 Å². The van der Waals surface area contributed by atoms with E-state index in [2.05, 4.69) is 33.8 Å². The van der Waals surface area contributed by atoms with Gasteiger partial charge in [0.05, 0.1) is 0 Å². The van der Waals surface area contributed by atoms with Crippen LogP contribution in [-0.2, 0) is 19.0 Å². The van der Waals surface area contributed by atoms with E-state index in [1.807, 2.05) is 6.08 Å². The fraction of sp³-hybridized carbons (Fsp3) is 0.824. The Morgan fingerprint density at radius 2 is 1.90 bits per heavy atom. The van der Waals surface area contributed by atoms with Gasteiger partial charge in [-0.1, -0.05) is 33.8 Å². The van der Waals surface area contributed by atoms with E-state index in [9.17, 15) is 4.79 Å². The van der Waals surface area contributed by atoms with Crippen molar-refractivity contribution in [1.82, 2.24) is 0 Å². The van der Waals surface area contributed by atoms with Crippen molar-refractivity contribution >= 4 is 5.97 Å². The van der Waals surface area contributed by atoms with Crippen LogP contribution in [0.3, 0.4) is 0 Å². The van der Waals surface area contributed by atoms with E-state index < -0.39 is 0 Å². The first-order valence-corrected chi connectivity index (χ1v) is 7.90. The van der Waals surface area contributed by atoms with Crippen molar-refractivity contribution in [3.8, 4) is 0 Å². The van der Waals surface area contributed by atoms with Crippen LogP contribution in [0.15, 0.2) is 12.2 Å². The highest BCUT2D eigenvalue weighted by Gasteiger charge is 2.15. The second-order valence-corrected chi connectivity index (χ2v) is 6.02. The van der Waals surface area contributed by atoms with Crippen molar-refractivity contribution in [3.63, 3.8) is 0 Å². The van der Waals surface area contributed by atoms with Gasteiger partial charge < -0.3 is 14.2 Å². The maximum Gasteiger partial charge on any atom is 0.306 e. The lowest BCUT2D eigenvalue weighted by Crippen LogP contribution is -2.21. The summed E-state index contributed by atoms with van der Waals surface area (Å²) >= 11 is 0. The first-order chi connectivity index (χ1) is 9.97. The number of rotatable bonds is 12. The molecule has 0 heterocycles. The second kappa shape index (κ2) is 12.8. The number of carbonyl (C=O) groups excluding carboxylic acids is 1. The number of esters is 1. The van der Waals surface area contributed by atoms with Crippen molar-refractivity contribution in [1.29, 1.82) is 0 Å². The first kappa shape index (κ1) is 20.1. The van der Waals surface area contributed by atoms with E-state index >= 15 is 0 Å². The third kappa shape index (κ3) is 12.6. The van der Waals surface area contributed by atoms with Crippen LogP contribution in [0.2, 0.25) is 0 Å². The monoisotopic (exact) mass is 300 g/mol. The molecule has 0 aliphatic carbocycles. The standard InChI is InChI=1S/C17H32O4/c1-14(2)10-11-17(18)21-16(15(3)4)9-7-6-8-12-20-13-19-5/h7,9,14-16H,6,8,10-13H2,1-5H3/b9-7+. The van der Waals surface area contributed by atoms with Gasteiger partial charge in [-0.2, -0.15) is 0 Å². The molecule has 1 unspecified atom stereocenters. The predicted molar refractivity (Wildman–Crippen MR) is 85.0 cm³/mol. The van der Waals surface area contributed by atoms with Gasteiger partial charge in [0.25, 0.3) is 0 Å². The Bertz CT molecular complexity index is 285. The van der Waals surface area contributed by atoms with Gasteiger partial charge in [-0.3, -0.25) is 4.79 Å². The van der Waals surface area contributed by atoms with Gasteiger partial charge in [-0.15, -0.1) is 0 Å². The minimum absolute atomic E-state index is 0.101. The molecule has 0 saturated heterocycles. The molecular formula is C17H32O4. The number of hydrogen-bond acceptors (Lipinski definition) is 4. The van der Waals surface area contributed by atoms with Gasteiger partial charge in [0.15, 0.2) is 0 Å². The summed E-state index contributed by atoms with van der Waals surface area (Å²) in [6.07, 6.45) is 7.15. The zero-order valence-corrected chi connectivity index (χ0v) is 14.3. The van der Waals surface area contributed by atoms with Crippen molar-refractivity contribution in [3.05, 3.63) is 12.2 Å². The van der Waals surface area contributed by atoms with Crippen molar-refractivity contribution < 1.29 is 19.0 Å². The lowest BCUT2D eigenvalue weighted by Gasteiger charge is -2.18. The smallest absolute Gasteiger partial charge is 0.306 e. The van der Waals surface area contributed by atoms with E-state index in [1.54, 1.807) is 7.11 Å². The van der Waals surface area contributed by atoms with E-state index in [1.165, 1.54) is 0 Å². The molecule has 0 rings (SSSR count). The summed E-state index contributed by atoms with van der Waals surface area (Å²) in [5.74, 6) is 0.710. The van der Waals surface area contributed by atoms with Gasteiger partial charge >= 0.3 is 5.97 Å². The first-order valence-electron chi connectivity index (χ1n) is 7.90. The van der Waals surface area contributed by atoms with Crippen LogP contribution >= 0.6 is 0 Å². The fourth-order valence-electron chi connectivity index (χ4n) is 1.69. The highest BCUT2D eigenvalue weighted by molar-refractivity contribution is 5.69. The largest absolute Gasteiger partial charge is 0.458 e. The molecule has 4 heteroatoms. The van der Waals surface area contributed by atoms with Crippen molar-refractivity contribution in [2.75, 3.05) is 20.5 Å². The average Bonchev–Trinajstić information content (AvgIpc) is 2.42. The van der Waals surface area contributed by atoms with Crippen molar-refractivity contribution in [2.24, 2.45) is 11.8 Å². The summed E-state index contributed by atoms with van der Waals surface area (Å²) in [4.78, 5) is 11.8. The SMILES string of the molecule is COCOCCC/C=C/C(OC(=O)CCC(C)C)C(C)C. The Kier molecular flexibility index (Phi) is 12.3. The number of ether oxygens (including phenoxy) is 3. The molecule has 0 aliphatic heterocycles. The second-order valence-electron chi connectivity index (χ2n) is 6.02. The molecule has 0 aromatic carbocycles. The normalized spacial score (nSPS) is 13.3. The topological polar surface area (TPSA) is 44.8 Å². The average molecular weight is 300 g/mol. The van der Waals surface area contributed by atoms with Gasteiger partial charge in [0.2, 0.25) is 0 Å². The molecule has 0 saturated carbocycles. The van der Waals surface area contributed by atoms with Crippen LogP contribution in [-0.4, -0.2) is 32.6 Å². The summed E-state index contributed by atoms with van der Waals surface area (Å²) in [6.45, 7) is 9.36. The van der Waals surface area contributed by atoms with Crippen LogP contribution in [0.4, 0.5) is 0 Å². The van der Waals surface area contributed by atoms with E-state index in [4.69, 9.17) is 14.2 Å². The molecular weight excluding hydrogens is 268 g/mol. The molecule has 0 aromatic rings. The number of carbonyl (C=O) groups is 1. The molecule has 0 N–H and O–H groups in total. The zero-order valence-electron chi connectivity index (χ0n) is 14.3. The molecule has 124 valence electrons. The van der Waals surface area contributed by atoms with Gasteiger partial charge in [0, 0.05) is 20.1 Å². The third-order valence-corrected chi connectivity index (χ3v) is 3.04. The number of hydrogen-bond donors (Lipinski definition) is 0. The van der Waals surface area contributed by atoms with E-state index in [-0.39, 0.29) is 18.0 Å². The molecule has 21 heavy (non-hydrogen) atoms. The summed E-state index contributed by atoms with van der Waals surface area (Å²) < 4.78 is 15.5. The zero-order chi connectivity index (χ0) is 16.1. The Labute approximate surface area is 129 Å². The van der Waals surface area contributed by atoms with Crippen molar-refractivity contribution in [2.45, 2.75) is 59.5 Å². The van der Waals surface area contributed by atoms with Gasteiger partial charge in [0.1, 0.15) is 12.9 Å².